The highest BCUT2D eigenvalue weighted by Crippen LogP contribution is 2.23. The summed E-state index contributed by atoms with van der Waals surface area (Å²) in [6.45, 7) is 2.15. The third-order valence-electron chi connectivity index (χ3n) is 4.22. The maximum atomic E-state index is 3.55. The Morgan fingerprint density at radius 2 is 1.80 bits per heavy atom. The number of benzene rings is 2. The van der Waals surface area contributed by atoms with Gasteiger partial charge in [0, 0.05) is 24.8 Å². The summed E-state index contributed by atoms with van der Waals surface area (Å²) in [4.78, 5) is 2.48. The zero-order chi connectivity index (χ0) is 13.8. The van der Waals surface area contributed by atoms with Gasteiger partial charge in [0.05, 0.1) is 0 Å². The fourth-order valence-corrected chi connectivity index (χ4v) is 2.87. The third kappa shape index (κ3) is 3.02. The SMILES string of the molecule is CN(CCc1ccccc1)C1CNc2ccccc2C1. The summed E-state index contributed by atoms with van der Waals surface area (Å²) in [5, 5.41) is 3.55. The lowest BCUT2D eigenvalue weighted by Crippen LogP contribution is -2.42. The van der Waals surface area contributed by atoms with Crippen molar-refractivity contribution >= 4 is 5.69 Å². The van der Waals surface area contributed by atoms with Crippen LogP contribution >= 0.6 is 0 Å². The van der Waals surface area contributed by atoms with Crippen molar-refractivity contribution in [3.8, 4) is 0 Å². The molecule has 1 N–H and O–H groups in total. The van der Waals surface area contributed by atoms with Crippen molar-refractivity contribution in [1.29, 1.82) is 0 Å². The van der Waals surface area contributed by atoms with Crippen molar-refractivity contribution in [2.24, 2.45) is 0 Å². The number of hydrogen-bond acceptors (Lipinski definition) is 2. The summed E-state index contributed by atoms with van der Waals surface area (Å²) in [5.41, 5.74) is 4.17. The lowest BCUT2D eigenvalue weighted by molar-refractivity contribution is 0.249. The van der Waals surface area contributed by atoms with Crippen LogP contribution in [0.5, 0.6) is 0 Å². The van der Waals surface area contributed by atoms with Gasteiger partial charge in [-0.15, -0.1) is 0 Å². The molecule has 0 bridgehead atoms. The topological polar surface area (TPSA) is 15.3 Å². The largest absolute Gasteiger partial charge is 0.383 e. The van der Waals surface area contributed by atoms with Crippen molar-refractivity contribution in [3.05, 3.63) is 65.7 Å². The third-order valence-corrected chi connectivity index (χ3v) is 4.22. The van der Waals surface area contributed by atoms with Gasteiger partial charge in [-0.25, -0.2) is 0 Å². The fourth-order valence-electron chi connectivity index (χ4n) is 2.87. The van der Waals surface area contributed by atoms with Gasteiger partial charge in [0.1, 0.15) is 0 Å². The fraction of sp³-hybridized carbons (Fsp3) is 0.333. The first kappa shape index (κ1) is 13.2. The van der Waals surface area contributed by atoms with Gasteiger partial charge in [0.15, 0.2) is 0 Å². The molecule has 0 radical (unpaired) electrons. The molecule has 0 aliphatic carbocycles. The summed E-state index contributed by atoms with van der Waals surface area (Å²) in [5.74, 6) is 0. The highest BCUT2D eigenvalue weighted by Gasteiger charge is 2.20. The molecule has 2 heteroatoms. The maximum Gasteiger partial charge on any atom is 0.0373 e. The molecule has 0 saturated carbocycles. The quantitative estimate of drug-likeness (QED) is 0.914. The number of anilines is 1. The number of para-hydroxylation sites is 1. The number of rotatable bonds is 4. The molecule has 2 aromatic carbocycles. The molecule has 0 fully saturated rings. The first-order valence-electron chi connectivity index (χ1n) is 7.39. The summed E-state index contributed by atoms with van der Waals surface area (Å²) >= 11 is 0. The highest BCUT2D eigenvalue weighted by molar-refractivity contribution is 5.53. The molecule has 1 unspecified atom stereocenters. The van der Waals surface area contributed by atoms with Crippen LogP contribution < -0.4 is 5.32 Å². The van der Waals surface area contributed by atoms with Gasteiger partial charge >= 0.3 is 0 Å². The van der Waals surface area contributed by atoms with Crippen molar-refractivity contribution in [2.75, 3.05) is 25.5 Å². The number of nitrogens with zero attached hydrogens (tertiary/aromatic N) is 1. The van der Waals surface area contributed by atoms with Crippen molar-refractivity contribution < 1.29 is 0 Å². The lowest BCUT2D eigenvalue weighted by Gasteiger charge is -2.33. The summed E-state index contributed by atoms with van der Waals surface area (Å²) in [6.07, 6.45) is 2.27. The normalized spacial score (nSPS) is 17.6. The molecule has 1 aliphatic rings. The van der Waals surface area contributed by atoms with E-state index in [2.05, 4.69) is 71.9 Å². The van der Waals surface area contributed by atoms with Crippen molar-refractivity contribution in [2.45, 2.75) is 18.9 Å². The average molecular weight is 266 g/mol. The van der Waals surface area contributed by atoms with E-state index in [1.54, 1.807) is 0 Å². The van der Waals surface area contributed by atoms with Crippen LogP contribution in [0.2, 0.25) is 0 Å². The van der Waals surface area contributed by atoms with Crippen molar-refractivity contribution in [3.63, 3.8) is 0 Å². The summed E-state index contributed by atoms with van der Waals surface area (Å²) < 4.78 is 0. The molecule has 1 atom stereocenters. The van der Waals surface area contributed by atoms with Crippen molar-refractivity contribution in [1.82, 2.24) is 4.90 Å². The predicted octanol–water partition coefficient (Wildman–Crippen LogP) is 3.20. The molecular formula is C18H22N2. The van der Waals surface area contributed by atoms with Crippen LogP contribution in [0.15, 0.2) is 54.6 Å². The van der Waals surface area contributed by atoms with Gasteiger partial charge in [-0.1, -0.05) is 48.5 Å². The number of fused-ring (bicyclic) bond motifs is 1. The second-order valence-corrected chi connectivity index (χ2v) is 5.61. The molecule has 0 saturated heterocycles. The Hall–Kier alpha value is -1.80. The van der Waals surface area contributed by atoms with Gasteiger partial charge in [0.25, 0.3) is 0 Å². The average Bonchev–Trinajstić information content (AvgIpc) is 2.53. The van der Waals surface area contributed by atoms with Crippen LogP contribution in [0.1, 0.15) is 11.1 Å². The van der Waals surface area contributed by atoms with Gasteiger partial charge < -0.3 is 10.2 Å². The smallest absolute Gasteiger partial charge is 0.0373 e. The second kappa shape index (κ2) is 6.10. The maximum absolute atomic E-state index is 3.55. The molecular weight excluding hydrogens is 244 g/mol. The van der Waals surface area contributed by atoms with Crippen LogP contribution in [0.4, 0.5) is 5.69 Å². The first-order valence-corrected chi connectivity index (χ1v) is 7.39. The number of hydrogen-bond donors (Lipinski definition) is 1. The van der Waals surface area contributed by atoms with E-state index in [0.29, 0.717) is 6.04 Å². The number of likely N-dealkylation sites (N-methyl/N-ethyl adjacent to an activating group) is 1. The van der Waals surface area contributed by atoms with E-state index in [1.165, 1.54) is 16.8 Å². The van der Waals surface area contributed by atoms with Crippen LogP contribution in [-0.4, -0.2) is 31.1 Å². The van der Waals surface area contributed by atoms with E-state index in [1.807, 2.05) is 0 Å². The molecule has 1 heterocycles. The van der Waals surface area contributed by atoms with E-state index < -0.39 is 0 Å². The second-order valence-electron chi connectivity index (χ2n) is 5.61. The molecule has 2 aromatic rings. The molecule has 0 spiro atoms. The Morgan fingerprint density at radius 3 is 2.65 bits per heavy atom. The van der Waals surface area contributed by atoms with Crippen LogP contribution in [0, 0.1) is 0 Å². The Labute approximate surface area is 121 Å². The molecule has 104 valence electrons. The Morgan fingerprint density at radius 1 is 1.05 bits per heavy atom. The minimum Gasteiger partial charge on any atom is -0.383 e. The standard InChI is InChI=1S/C18H22N2/c1-20(12-11-15-7-3-2-4-8-15)17-13-16-9-5-6-10-18(16)19-14-17/h2-10,17,19H,11-14H2,1H3. The molecule has 3 rings (SSSR count). The van der Waals surface area contributed by atoms with Gasteiger partial charge in [0.2, 0.25) is 0 Å². The molecule has 1 aliphatic heterocycles. The monoisotopic (exact) mass is 266 g/mol. The van der Waals surface area contributed by atoms with E-state index in [-0.39, 0.29) is 0 Å². The molecule has 0 aromatic heterocycles. The Kier molecular flexibility index (Phi) is 4.03. The van der Waals surface area contributed by atoms with E-state index >= 15 is 0 Å². The molecule has 0 amide bonds. The summed E-state index contributed by atoms with van der Waals surface area (Å²) in [6, 6.07) is 20.0. The van der Waals surface area contributed by atoms with Gasteiger partial charge in [-0.05, 0) is 37.1 Å². The zero-order valence-corrected chi connectivity index (χ0v) is 12.0. The lowest BCUT2D eigenvalue weighted by atomic mass is 9.98. The van der Waals surface area contributed by atoms with Crippen LogP contribution in [0.3, 0.4) is 0 Å². The van der Waals surface area contributed by atoms with Crippen LogP contribution in [0.25, 0.3) is 0 Å². The van der Waals surface area contributed by atoms with E-state index in [9.17, 15) is 0 Å². The summed E-state index contributed by atoms with van der Waals surface area (Å²) in [7, 11) is 2.24. The first-order chi connectivity index (χ1) is 9.83. The zero-order valence-electron chi connectivity index (χ0n) is 12.0. The minimum atomic E-state index is 0.591. The molecule has 20 heavy (non-hydrogen) atoms. The Bertz CT molecular complexity index is 550. The number of nitrogens with one attached hydrogen (secondary N) is 1. The van der Waals surface area contributed by atoms with E-state index in [0.717, 1.165) is 25.9 Å². The van der Waals surface area contributed by atoms with Gasteiger partial charge in [-0.2, -0.15) is 0 Å². The highest BCUT2D eigenvalue weighted by atomic mass is 15.2. The predicted molar refractivity (Wildman–Crippen MR) is 85.2 cm³/mol. The minimum absolute atomic E-state index is 0.591. The molecule has 2 nitrogen and oxygen atoms in total. The van der Waals surface area contributed by atoms with Gasteiger partial charge in [-0.3, -0.25) is 0 Å². The van der Waals surface area contributed by atoms with E-state index in [4.69, 9.17) is 0 Å². The Balaban J connectivity index is 1.58. The van der Waals surface area contributed by atoms with Crippen LogP contribution in [-0.2, 0) is 12.8 Å².